The summed E-state index contributed by atoms with van der Waals surface area (Å²) >= 11 is 5.49. The van der Waals surface area contributed by atoms with Gasteiger partial charge in [-0.1, -0.05) is 11.6 Å². The van der Waals surface area contributed by atoms with Gasteiger partial charge in [-0.15, -0.1) is 0 Å². The predicted molar refractivity (Wildman–Crippen MR) is 49.2 cm³/mol. The first kappa shape index (κ1) is 10.9. The summed E-state index contributed by atoms with van der Waals surface area (Å²) in [4.78, 5) is 10.2. The molecule has 0 aromatic carbocycles. The van der Waals surface area contributed by atoms with Crippen molar-refractivity contribution in [3.63, 3.8) is 0 Å². The maximum atomic E-state index is 12.4. The van der Waals surface area contributed by atoms with E-state index in [1.807, 2.05) is 0 Å². The van der Waals surface area contributed by atoms with Crippen LogP contribution in [-0.4, -0.2) is 19.5 Å². The molecule has 0 saturated carbocycles. The van der Waals surface area contributed by atoms with Crippen molar-refractivity contribution in [1.29, 1.82) is 0 Å². The third-order valence-corrected chi connectivity index (χ3v) is 1.90. The van der Waals surface area contributed by atoms with Crippen LogP contribution < -0.4 is 0 Å². The van der Waals surface area contributed by atoms with Gasteiger partial charge in [0.1, 0.15) is 17.3 Å². The van der Waals surface area contributed by atoms with Crippen molar-refractivity contribution in [3.05, 3.63) is 35.8 Å². The van der Waals surface area contributed by atoms with E-state index in [9.17, 15) is 13.2 Å². The van der Waals surface area contributed by atoms with Gasteiger partial charge >= 0.3 is 6.18 Å². The van der Waals surface area contributed by atoms with Crippen LogP contribution in [0.3, 0.4) is 0 Å². The molecule has 8 heteroatoms. The Kier molecular flexibility index (Phi) is 2.55. The summed E-state index contributed by atoms with van der Waals surface area (Å²) in [5.74, 6) is -1.26. The number of aromatic nitrogens is 4. The summed E-state index contributed by atoms with van der Waals surface area (Å²) in [7, 11) is 0. The second-order valence-electron chi connectivity index (χ2n) is 2.84. The second kappa shape index (κ2) is 3.75. The molecule has 2 aromatic rings. The standard InChI is InChI=1S/C8H4ClF3N4/c9-5-3-6(16-2-1-13-4-16)15-7(14-5)8(10,11)12/h1-4H. The lowest BCUT2D eigenvalue weighted by molar-refractivity contribution is -0.145. The van der Waals surface area contributed by atoms with Crippen LogP contribution in [0.2, 0.25) is 5.15 Å². The van der Waals surface area contributed by atoms with Gasteiger partial charge in [-0.3, -0.25) is 4.57 Å². The highest BCUT2D eigenvalue weighted by atomic mass is 35.5. The molecule has 0 saturated heterocycles. The van der Waals surface area contributed by atoms with Crippen molar-refractivity contribution >= 4 is 11.6 Å². The molecule has 84 valence electrons. The Morgan fingerprint density at radius 3 is 2.56 bits per heavy atom. The smallest absolute Gasteiger partial charge is 0.290 e. The summed E-state index contributed by atoms with van der Waals surface area (Å²) in [5.41, 5.74) is 0. The number of imidazole rings is 1. The Morgan fingerprint density at radius 1 is 1.25 bits per heavy atom. The maximum Gasteiger partial charge on any atom is 0.451 e. The highest BCUT2D eigenvalue weighted by molar-refractivity contribution is 6.29. The summed E-state index contributed by atoms with van der Waals surface area (Å²) < 4.78 is 38.5. The van der Waals surface area contributed by atoms with Gasteiger partial charge in [0.05, 0.1) is 0 Å². The lowest BCUT2D eigenvalue weighted by Gasteiger charge is -2.07. The molecule has 0 aliphatic heterocycles. The first-order chi connectivity index (χ1) is 7.47. The van der Waals surface area contributed by atoms with Gasteiger partial charge in [0.15, 0.2) is 0 Å². The molecule has 0 aliphatic carbocycles. The number of alkyl halides is 3. The predicted octanol–water partition coefficient (Wildman–Crippen LogP) is 2.33. The quantitative estimate of drug-likeness (QED) is 0.728. The summed E-state index contributed by atoms with van der Waals surface area (Å²) in [5, 5.41) is -0.272. The Labute approximate surface area is 92.7 Å². The van der Waals surface area contributed by atoms with Crippen LogP contribution in [-0.2, 0) is 6.18 Å². The zero-order valence-electron chi connectivity index (χ0n) is 7.61. The zero-order valence-corrected chi connectivity index (χ0v) is 8.37. The van der Waals surface area contributed by atoms with Crippen LogP contribution in [0.15, 0.2) is 24.8 Å². The fraction of sp³-hybridized carbons (Fsp3) is 0.125. The second-order valence-corrected chi connectivity index (χ2v) is 3.23. The van der Waals surface area contributed by atoms with Crippen molar-refractivity contribution in [3.8, 4) is 5.82 Å². The largest absolute Gasteiger partial charge is 0.451 e. The molecule has 16 heavy (non-hydrogen) atoms. The monoisotopic (exact) mass is 248 g/mol. The van der Waals surface area contributed by atoms with Gasteiger partial charge in [-0.2, -0.15) is 13.2 Å². The highest BCUT2D eigenvalue weighted by Crippen LogP contribution is 2.27. The molecule has 0 aliphatic rings. The molecule has 0 atom stereocenters. The van der Waals surface area contributed by atoms with Gasteiger partial charge in [0, 0.05) is 18.5 Å². The number of rotatable bonds is 1. The molecule has 0 bridgehead atoms. The summed E-state index contributed by atoms with van der Waals surface area (Å²) in [6.45, 7) is 0. The van der Waals surface area contributed by atoms with Crippen LogP contribution in [0.4, 0.5) is 13.2 Å². The van der Waals surface area contributed by atoms with Crippen LogP contribution in [0.5, 0.6) is 0 Å². The number of hydrogen-bond acceptors (Lipinski definition) is 3. The van der Waals surface area contributed by atoms with Crippen molar-refractivity contribution in [2.45, 2.75) is 6.18 Å². The van der Waals surface area contributed by atoms with Crippen molar-refractivity contribution in [2.24, 2.45) is 0 Å². The normalized spacial score (nSPS) is 11.8. The Balaban J connectivity index is 2.53. The molecular formula is C8H4ClF3N4. The minimum absolute atomic E-state index is 0.0184. The van der Waals surface area contributed by atoms with Gasteiger partial charge < -0.3 is 0 Å². The molecule has 0 unspecified atom stereocenters. The molecule has 0 N–H and O–H groups in total. The van der Waals surface area contributed by atoms with Crippen LogP contribution in [0, 0.1) is 0 Å². The van der Waals surface area contributed by atoms with E-state index in [2.05, 4.69) is 15.0 Å². The van der Waals surface area contributed by atoms with Crippen molar-refractivity contribution in [2.75, 3.05) is 0 Å². The van der Waals surface area contributed by atoms with Gasteiger partial charge in [-0.25, -0.2) is 15.0 Å². The van der Waals surface area contributed by atoms with Gasteiger partial charge in [-0.05, 0) is 0 Å². The van der Waals surface area contributed by atoms with E-state index in [1.165, 1.54) is 29.4 Å². The average molecular weight is 249 g/mol. The first-order valence-corrected chi connectivity index (χ1v) is 4.45. The average Bonchev–Trinajstić information content (AvgIpc) is 2.68. The SMILES string of the molecule is FC(F)(F)c1nc(Cl)cc(-n2ccnc2)n1. The topological polar surface area (TPSA) is 43.6 Å². The third-order valence-electron chi connectivity index (χ3n) is 1.70. The van der Waals surface area contributed by atoms with Gasteiger partial charge in [0.2, 0.25) is 5.82 Å². The van der Waals surface area contributed by atoms with E-state index < -0.39 is 12.0 Å². The minimum atomic E-state index is -4.62. The Morgan fingerprint density at radius 2 is 2.00 bits per heavy atom. The summed E-state index contributed by atoms with van der Waals surface area (Å²) in [6.07, 6.45) is -0.429. The molecule has 4 nitrogen and oxygen atoms in total. The van der Waals surface area contributed by atoms with E-state index in [1.54, 1.807) is 0 Å². The molecule has 2 rings (SSSR count). The van der Waals surface area contributed by atoms with E-state index in [0.29, 0.717) is 0 Å². The fourth-order valence-electron chi connectivity index (χ4n) is 1.06. The summed E-state index contributed by atoms with van der Waals surface area (Å²) in [6, 6.07) is 1.22. The maximum absolute atomic E-state index is 12.4. The molecular weight excluding hydrogens is 245 g/mol. The zero-order chi connectivity index (χ0) is 11.8. The molecule has 2 heterocycles. The van der Waals surface area contributed by atoms with Crippen molar-refractivity contribution in [1.82, 2.24) is 19.5 Å². The van der Waals surface area contributed by atoms with E-state index in [-0.39, 0.29) is 11.0 Å². The highest BCUT2D eigenvalue weighted by Gasteiger charge is 2.35. The molecule has 0 spiro atoms. The minimum Gasteiger partial charge on any atom is -0.290 e. The first-order valence-electron chi connectivity index (χ1n) is 4.07. The van der Waals surface area contributed by atoms with E-state index in [4.69, 9.17) is 11.6 Å². The molecule has 0 fully saturated rings. The number of nitrogens with zero attached hydrogens (tertiary/aromatic N) is 4. The number of hydrogen-bond donors (Lipinski definition) is 0. The van der Waals surface area contributed by atoms with Crippen LogP contribution in [0.25, 0.3) is 5.82 Å². The van der Waals surface area contributed by atoms with Crippen molar-refractivity contribution < 1.29 is 13.2 Å². The van der Waals surface area contributed by atoms with Crippen LogP contribution in [0.1, 0.15) is 5.82 Å². The third kappa shape index (κ3) is 2.13. The molecule has 2 aromatic heterocycles. The fourth-order valence-corrected chi connectivity index (χ4v) is 1.24. The van der Waals surface area contributed by atoms with Crippen LogP contribution >= 0.6 is 11.6 Å². The van der Waals surface area contributed by atoms with Gasteiger partial charge in [0.25, 0.3) is 0 Å². The number of halogens is 4. The lowest BCUT2D eigenvalue weighted by Crippen LogP contribution is -2.13. The lowest BCUT2D eigenvalue weighted by atomic mass is 10.5. The molecule has 0 radical (unpaired) electrons. The Bertz CT molecular complexity index is 494. The van der Waals surface area contributed by atoms with E-state index >= 15 is 0 Å². The van der Waals surface area contributed by atoms with E-state index in [0.717, 1.165) is 0 Å². The Hall–Kier alpha value is -1.63. The molecule has 0 amide bonds.